The topological polar surface area (TPSA) is 99.0 Å². The van der Waals surface area contributed by atoms with Gasteiger partial charge < -0.3 is 10.1 Å². The molecule has 8 nitrogen and oxygen atoms in total. The molecule has 0 saturated carbocycles. The van der Waals surface area contributed by atoms with Gasteiger partial charge in [-0.05, 0) is 60.7 Å². The molecule has 2 heterocycles. The number of hydrogen-bond donors (Lipinski definition) is 1. The summed E-state index contributed by atoms with van der Waals surface area (Å²) in [6.45, 7) is 0. The minimum Gasteiger partial charge on any atom is -0.424 e. The standard InChI is InChI=1S/C21H14FN5O3/c22-14-2-6-16(7-3-14)27-19(28)11-10-18(26-27)20(29)25-15-4-8-17(9-5-15)30-21-23-12-1-13-24-21/h1-13H,(H,25,29). The van der Waals surface area contributed by atoms with Crippen molar-refractivity contribution in [2.45, 2.75) is 0 Å². The Balaban J connectivity index is 1.49. The molecule has 0 aliphatic rings. The summed E-state index contributed by atoms with van der Waals surface area (Å²) in [5.41, 5.74) is 0.433. The maximum Gasteiger partial charge on any atom is 0.321 e. The van der Waals surface area contributed by atoms with E-state index < -0.39 is 17.3 Å². The third kappa shape index (κ3) is 4.36. The summed E-state index contributed by atoms with van der Waals surface area (Å²) >= 11 is 0. The summed E-state index contributed by atoms with van der Waals surface area (Å²) in [6, 6.07) is 16.3. The van der Waals surface area contributed by atoms with E-state index in [0.717, 1.165) is 4.68 Å². The van der Waals surface area contributed by atoms with Gasteiger partial charge in [-0.2, -0.15) is 9.78 Å². The number of aromatic nitrogens is 4. The highest BCUT2D eigenvalue weighted by Crippen LogP contribution is 2.20. The fourth-order valence-corrected chi connectivity index (χ4v) is 2.54. The van der Waals surface area contributed by atoms with Crippen LogP contribution in [0.25, 0.3) is 5.69 Å². The predicted molar refractivity (Wildman–Crippen MR) is 106 cm³/mol. The van der Waals surface area contributed by atoms with Crippen LogP contribution in [0.15, 0.2) is 83.9 Å². The van der Waals surface area contributed by atoms with Crippen LogP contribution in [0.3, 0.4) is 0 Å². The van der Waals surface area contributed by atoms with Gasteiger partial charge in [0.25, 0.3) is 11.5 Å². The summed E-state index contributed by atoms with van der Waals surface area (Å²) < 4.78 is 19.6. The number of hydrogen-bond acceptors (Lipinski definition) is 6. The van der Waals surface area contributed by atoms with Crippen LogP contribution < -0.4 is 15.6 Å². The van der Waals surface area contributed by atoms with Gasteiger partial charge in [-0.15, -0.1) is 0 Å². The number of nitrogens with one attached hydrogen (secondary N) is 1. The maximum absolute atomic E-state index is 13.1. The first kappa shape index (κ1) is 18.9. The van der Waals surface area contributed by atoms with E-state index in [-0.39, 0.29) is 11.7 Å². The zero-order valence-corrected chi connectivity index (χ0v) is 15.4. The van der Waals surface area contributed by atoms with Crippen LogP contribution in [0.4, 0.5) is 10.1 Å². The first-order chi connectivity index (χ1) is 14.6. The molecule has 0 fully saturated rings. The van der Waals surface area contributed by atoms with Crippen molar-refractivity contribution in [2.75, 3.05) is 5.32 Å². The molecular formula is C21H14FN5O3. The van der Waals surface area contributed by atoms with Crippen molar-refractivity contribution in [3.05, 3.63) is 101 Å². The molecular weight excluding hydrogens is 389 g/mol. The Bertz CT molecular complexity index is 1230. The molecule has 148 valence electrons. The van der Waals surface area contributed by atoms with Crippen molar-refractivity contribution in [2.24, 2.45) is 0 Å². The van der Waals surface area contributed by atoms with Gasteiger partial charge in [0.2, 0.25) is 0 Å². The van der Waals surface area contributed by atoms with E-state index >= 15 is 0 Å². The molecule has 2 aromatic heterocycles. The van der Waals surface area contributed by atoms with E-state index in [2.05, 4.69) is 20.4 Å². The molecule has 0 bridgehead atoms. The van der Waals surface area contributed by atoms with Crippen LogP contribution in [-0.4, -0.2) is 25.7 Å². The summed E-state index contributed by atoms with van der Waals surface area (Å²) in [5, 5.41) is 6.76. The van der Waals surface area contributed by atoms with Crippen molar-refractivity contribution in [3.8, 4) is 17.4 Å². The van der Waals surface area contributed by atoms with Gasteiger partial charge in [-0.25, -0.2) is 14.4 Å². The Morgan fingerprint density at radius 3 is 2.33 bits per heavy atom. The Kier molecular flexibility index (Phi) is 5.25. The average molecular weight is 403 g/mol. The molecule has 0 aliphatic carbocycles. The number of carbonyl (C=O) groups excluding carboxylic acids is 1. The van der Waals surface area contributed by atoms with Gasteiger partial charge in [-0.1, -0.05) is 0 Å². The number of amides is 1. The largest absolute Gasteiger partial charge is 0.424 e. The Hall–Kier alpha value is -4.40. The van der Waals surface area contributed by atoms with Crippen molar-refractivity contribution in [1.82, 2.24) is 19.7 Å². The number of carbonyl (C=O) groups is 1. The van der Waals surface area contributed by atoms with Crippen LogP contribution in [0, 0.1) is 5.82 Å². The lowest BCUT2D eigenvalue weighted by Crippen LogP contribution is -2.24. The molecule has 30 heavy (non-hydrogen) atoms. The van der Waals surface area contributed by atoms with E-state index in [0.29, 0.717) is 17.1 Å². The molecule has 4 aromatic rings. The second kappa shape index (κ2) is 8.31. The van der Waals surface area contributed by atoms with Crippen LogP contribution in [0.2, 0.25) is 0 Å². The summed E-state index contributed by atoms with van der Waals surface area (Å²) in [5.74, 6) is -0.444. The van der Waals surface area contributed by atoms with Gasteiger partial charge in [0, 0.05) is 24.1 Å². The van der Waals surface area contributed by atoms with Gasteiger partial charge in [-0.3, -0.25) is 9.59 Å². The molecule has 1 N–H and O–H groups in total. The van der Waals surface area contributed by atoms with E-state index in [9.17, 15) is 14.0 Å². The van der Waals surface area contributed by atoms with Gasteiger partial charge in [0.15, 0.2) is 0 Å². The number of halogens is 1. The third-order valence-electron chi connectivity index (χ3n) is 3.97. The highest BCUT2D eigenvalue weighted by molar-refractivity contribution is 6.02. The molecule has 2 aromatic carbocycles. The number of ether oxygens (including phenoxy) is 1. The van der Waals surface area contributed by atoms with E-state index in [1.54, 1.807) is 42.7 Å². The normalized spacial score (nSPS) is 10.4. The minimum absolute atomic E-state index is 0.0249. The number of benzene rings is 2. The zero-order valence-electron chi connectivity index (χ0n) is 15.4. The Morgan fingerprint density at radius 1 is 0.933 bits per heavy atom. The molecule has 0 unspecified atom stereocenters. The van der Waals surface area contributed by atoms with E-state index in [1.165, 1.54) is 36.4 Å². The first-order valence-electron chi connectivity index (χ1n) is 8.81. The quantitative estimate of drug-likeness (QED) is 0.549. The molecule has 4 rings (SSSR count). The van der Waals surface area contributed by atoms with Crippen LogP contribution in [-0.2, 0) is 0 Å². The van der Waals surface area contributed by atoms with Crippen LogP contribution >= 0.6 is 0 Å². The molecule has 0 radical (unpaired) electrons. The number of anilines is 1. The van der Waals surface area contributed by atoms with Gasteiger partial charge >= 0.3 is 6.01 Å². The summed E-state index contributed by atoms with van der Waals surface area (Å²) in [7, 11) is 0. The van der Waals surface area contributed by atoms with Crippen molar-refractivity contribution in [1.29, 1.82) is 0 Å². The molecule has 0 aliphatic heterocycles. The molecule has 0 spiro atoms. The number of nitrogens with zero attached hydrogens (tertiary/aromatic N) is 4. The average Bonchev–Trinajstić information content (AvgIpc) is 2.77. The lowest BCUT2D eigenvalue weighted by Gasteiger charge is -2.09. The van der Waals surface area contributed by atoms with E-state index in [1.807, 2.05) is 0 Å². The maximum atomic E-state index is 13.1. The number of rotatable bonds is 5. The van der Waals surface area contributed by atoms with E-state index in [4.69, 9.17) is 4.74 Å². The van der Waals surface area contributed by atoms with Crippen molar-refractivity contribution < 1.29 is 13.9 Å². The lowest BCUT2D eigenvalue weighted by molar-refractivity contribution is 0.102. The lowest BCUT2D eigenvalue weighted by atomic mass is 10.3. The Morgan fingerprint density at radius 2 is 1.63 bits per heavy atom. The molecule has 0 atom stereocenters. The summed E-state index contributed by atoms with van der Waals surface area (Å²) in [6.07, 6.45) is 3.13. The van der Waals surface area contributed by atoms with Crippen molar-refractivity contribution in [3.63, 3.8) is 0 Å². The third-order valence-corrected chi connectivity index (χ3v) is 3.97. The van der Waals surface area contributed by atoms with Crippen molar-refractivity contribution >= 4 is 11.6 Å². The summed E-state index contributed by atoms with van der Waals surface area (Å²) in [4.78, 5) is 32.6. The SMILES string of the molecule is O=C(Nc1ccc(Oc2ncccn2)cc1)c1ccc(=O)n(-c2ccc(F)cc2)n1. The van der Waals surface area contributed by atoms with Gasteiger partial charge in [0.1, 0.15) is 17.3 Å². The highest BCUT2D eigenvalue weighted by atomic mass is 19.1. The second-order valence-corrected chi connectivity index (χ2v) is 6.06. The molecule has 1 amide bonds. The zero-order chi connectivity index (χ0) is 20.9. The Labute approximate surface area is 169 Å². The smallest absolute Gasteiger partial charge is 0.321 e. The molecule has 0 saturated heterocycles. The predicted octanol–water partition coefficient (Wildman–Crippen LogP) is 3.21. The van der Waals surface area contributed by atoms with Crippen LogP contribution in [0.5, 0.6) is 11.8 Å². The first-order valence-corrected chi connectivity index (χ1v) is 8.81. The minimum atomic E-state index is -0.508. The van der Waals surface area contributed by atoms with Gasteiger partial charge in [0.05, 0.1) is 5.69 Å². The fraction of sp³-hybridized carbons (Fsp3) is 0. The highest BCUT2D eigenvalue weighted by Gasteiger charge is 2.11. The second-order valence-electron chi connectivity index (χ2n) is 6.06. The monoisotopic (exact) mass is 403 g/mol. The van der Waals surface area contributed by atoms with Crippen LogP contribution in [0.1, 0.15) is 10.5 Å². The molecule has 9 heteroatoms. The fourth-order valence-electron chi connectivity index (χ4n) is 2.54.